The van der Waals surface area contributed by atoms with Gasteiger partial charge in [-0.3, -0.25) is 0 Å². The van der Waals surface area contributed by atoms with Gasteiger partial charge in [-0.2, -0.15) is 0 Å². The maximum absolute atomic E-state index is 2.63. The number of anilines is 2. The normalized spacial score (nSPS) is 17.8. The van der Waals surface area contributed by atoms with E-state index in [1.54, 1.807) is 0 Å². The van der Waals surface area contributed by atoms with Gasteiger partial charge in [0.1, 0.15) is 0 Å². The fourth-order valence-electron chi connectivity index (χ4n) is 7.33. The van der Waals surface area contributed by atoms with Crippen LogP contribution in [0.5, 0.6) is 0 Å². The molecule has 0 bridgehead atoms. The zero-order valence-electron chi connectivity index (χ0n) is 25.5. The van der Waals surface area contributed by atoms with E-state index in [4.69, 9.17) is 0 Å². The van der Waals surface area contributed by atoms with Crippen molar-refractivity contribution in [1.82, 2.24) is 0 Å². The fraction of sp³-hybridized carbons (Fsp3) is 0.385. The monoisotopic (exact) mass is 527 g/mol. The lowest BCUT2D eigenvalue weighted by atomic mass is 9.70. The molecule has 4 aromatic carbocycles. The number of fused-ring (bicyclic) bond motifs is 3. The maximum Gasteiger partial charge on any atom is 0.0454 e. The molecule has 1 saturated carbocycles. The van der Waals surface area contributed by atoms with E-state index in [9.17, 15) is 0 Å². The summed E-state index contributed by atoms with van der Waals surface area (Å²) in [6.07, 6.45) is 5.09. The lowest BCUT2D eigenvalue weighted by Crippen LogP contribution is -2.38. The minimum Gasteiger partial charge on any atom is -0.336 e. The molecule has 1 fully saturated rings. The molecule has 206 valence electrons. The van der Waals surface area contributed by atoms with Crippen LogP contribution in [0, 0.1) is 5.41 Å². The predicted octanol–water partition coefficient (Wildman–Crippen LogP) is 11.3. The van der Waals surface area contributed by atoms with Crippen LogP contribution in [0.1, 0.15) is 96.8 Å². The lowest BCUT2D eigenvalue weighted by molar-refractivity contribution is 0.224. The molecule has 6 rings (SSSR count). The number of hydrogen-bond acceptors (Lipinski definition) is 1. The van der Waals surface area contributed by atoms with Crippen LogP contribution in [0.15, 0.2) is 91.0 Å². The molecule has 4 aromatic rings. The predicted molar refractivity (Wildman–Crippen MR) is 173 cm³/mol. The molecular weight excluding hydrogens is 482 g/mol. The molecule has 1 heteroatoms. The third-order valence-corrected chi connectivity index (χ3v) is 9.63. The van der Waals surface area contributed by atoms with Crippen LogP contribution in [-0.2, 0) is 5.41 Å². The van der Waals surface area contributed by atoms with E-state index < -0.39 is 0 Å². The topological polar surface area (TPSA) is 3.24 Å². The van der Waals surface area contributed by atoms with Gasteiger partial charge in [-0.25, -0.2) is 0 Å². The molecule has 0 saturated heterocycles. The quantitative estimate of drug-likeness (QED) is 0.255. The highest BCUT2D eigenvalue weighted by Crippen LogP contribution is 2.54. The molecule has 2 aliphatic carbocycles. The molecule has 0 aliphatic heterocycles. The van der Waals surface area contributed by atoms with E-state index in [0.29, 0.717) is 11.3 Å². The molecule has 0 atom stereocenters. The van der Waals surface area contributed by atoms with Crippen molar-refractivity contribution in [2.45, 2.75) is 91.0 Å². The van der Waals surface area contributed by atoms with Crippen LogP contribution in [0.4, 0.5) is 11.4 Å². The molecule has 0 spiro atoms. The Morgan fingerprint density at radius 2 is 1.30 bits per heavy atom. The van der Waals surface area contributed by atoms with E-state index in [0.717, 1.165) is 0 Å². The zero-order valence-corrected chi connectivity index (χ0v) is 25.5. The smallest absolute Gasteiger partial charge is 0.0454 e. The summed E-state index contributed by atoms with van der Waals surface area (Å²) in [6, 6.07) is 34.2. The molecule has 0 unspecified atom stereocenters. The highest BCUT2D eigenvalue weighted by atomic mass is 15.2. The standard InChI is InChI=1S/C39H45N/c1-37(2,3)40(30-17-13-16-29(24-30)27-14-9-8-10-15-27)36-26-35-33(31-18-11-12-19-34(31)39(35,6)7)25-32(36)28-20-22-38(4,5)23-21-28/h8-19,24-26,28H,20-23H2,1-7H3. The second-order valence-corrected chi connectivity index (χ2v) is 14.5. The first-order chi connectivity index (χ1) is 19.0. The summed E-state index contributed by atoms with van der Waals surface area (Å²) in [6.45, 7) is 16.8. The van der Waals surface area contributed by atoms with Crippen molar-refractivity contribution in [2.24, 2.45) is 5.41 Å². The number of benzene rings is 4. The van der Waals surface area contributed by atoms with Crippen LogP contribution < -0.4 is 4.90 Å². The Kier molecular flexibility index (Phi) is 6.49. The Morgan fingerprint density at radius 3 is 2.00 bits per heavy atom. The molecule has 0 heterocycles. The zero-order chi connectivity index (χ0) is 28.3. The molecule has 0 radical (unpaired) electrons. The van der Waals surface area contributed by atoms with Gasteiger partial charge in [0.05, 0.1) is 0 Å². The fourth-order valence-corrected chi connectivity index (χ4v) is 7.33. The molecular formula is C39H45N. The maximum atomic E-state index is 2.63. The Morgan fingerprint density at radius 1 is 0.650 bits per heavy atom. The molecule has 0 N–H and O–H groups in total. The first-order valence-electron chi connectivity index (χ1n) is 15.2. The van der Waals surface area contributed by atoms with Crippen molar-refractivity contribution in [3.05, 3.63) is 108 Å². The summed E-state index contributed by atoms with van der Waals surface area (Å²) in [7, 11) is 0. The average Bonchev–Trinajstić information content (AvgIpc) is 3.14. The van der Waals surface area contributed by atoms with Gasteiger partial charge in [0.2, 0.25) is 0 Å². The Balaban J connectivity index is 1.57. The van der Waals surface area contributed by atoms with Gasteiger partial charge in [0.25, 0.3) is 0 Å². The first-order valence-corrected chi connectivity index (χ1v) is 15.2. The lowest BCUT2D eigenvalue weighted by Gasteiger charge is -2.42. The van der Waals surface area contributed by atoms with Crippen molar-refractivity contribution >= 4 is 11.4 Å². The van der Waals surface area contributed by atoms with Crippen molar-refractivity contribution in [1.29, 1.82) is 0 Å². The summed E-state index contributed by atoms with van der Waals surface area (Å²) >= 11 is 0. The second-order valence-electron chi connectivity index (χ2n) is 14.5. The van der Waals surface area contributed by atoms with Crippen molar-refractivity contribution in [3.8, 4) is 22.3 Å². The molecule has 0 amide bonds. The van der Waals surface area contributed by atoms with Crippen LogP contribution in [0.3, 0.4) is 0 Å². The Bertz CT molecular complexity index is 1520. The SMILES string of the molecule is CC1(C)CCC(c2cc3c(cc2N(c2cccc(-c4ccccc4)c2)C(C)(C)C)C(C)(C)c2ccccc2-3)CC1. The van der Waals surface area contributed by atoms with Gasteiger partial charge in [-0.1, -0.05) is 94.4 Å². The van der Waals surface area contributed by atoms with Crippen LogP contribution >= 0.6 is 0 Å². The minimum atomic E-state index is -0.0954. The van der Waals surface area contributed by atoms with Crippen LogP contribution in [0.25, 0.3) is 22.3 Å². The highest BCUT2D eigenvalue weighted by Gasteiger charge is 2.39. The van der Waals surface area contributed by atoms with Gasteiger partial charge in [-0.15, -0.1) is 0 Å². The van der Waals surface area contributed by atoms with Crippen molar-refractivity contribution < 1.29 is 0 Å². The third kappa shape index (κ3) is 4.68. The number of nitrogens with zero attached hydrogens (tertiary/aromatic N) is 1. The molecule has 1 nitrogen and oxygen atoms in total. The average molecular weight is 528 g/mol. The van der Waals surface area contributed by atoms with E-state index >= 15 is 0 Å². The van der Waals surface area contributed by atoms with Gasteiger partial charge < -0.3 is 4.90 Å². The first kappa shape index (κ1) is 26.9. The summed E-state index contributed by atoms with van der Waals surface area (Å²) < 4.78 is 0. The van der Waals surface area contributed by atoms with E-state index in [2.05, 4.69) is 144 Å². The summed E-state index contributed by atoms with van der Waals surface area (Å²) in [5.41, 5.74) is 12.8. The van der Waals surface area contributed by atoms with Crippen LogP contribution in [-0.4, -0.2) is 5.54 Å². The van der Waals surface area contributed by atoms with E-state index in [-0.39, 0.29) is 11.0 Å². The summed E-state index contributed by atoms with van der Waals surface area (Å²) in [5.74, 6) is 0.575. The summed E-state index contributed by atoms with van der Waals surface area (Å²) in [5, 5.41) is 0. The highest BCUT2D eigenvalue weighted by molar-refractivity contribution is 5.86. The van der Waals surface area contributed by atoms with Crippen molar-refractivity contribution in [3.63, 3.8) is 0 Å². The van der Waals surface area contributed by atoms with Gasteiger partial charge >= 0.3 is 0 Å². The third-order valence-electron chi connectivity index (χ3n) is 9.63. The Hall–Kier alpha value is -3.32. The van der Waals surface area contributed by atoms with Crippen LogP contribution in [0.2, 0.25) is 0 Å². The van der Waals surface area contributed by atoms with E-state index in [1.807, 2.05) is 0 Å². The Labute approximate surface area is 242 Å². The van der Waals surface area contributed by atoms with Gasteiger partial charge in [-0.05, 0) is 121 Å². The second kappa shape index (κ2) is 9.65. The number of rotatable bonds is 4. The van der Waals surface area contributed by atoms with Gasteiger partial charge in [0, 0.05) is 22.3 Å². The molecule has 0 aromatic heterocycles. The van der Waals surface area contributed by atoms with Gasteiger partial charge in [0.15, 0.2) is 0 Å². The number of hydrogen-bond donors (Lipinski definition) is 0. The van der Waals surface area contributed by atoms with E-state index in [1.165, 1.54) is 76.0 Å². The molecule has 2 aliphatic rings. The largest absolute Gasteiger partial charge is 0.336 e. The minimum absolute atomic E-state index is 0.0246. The van der Waals surface area contributed by atoms with Crippen molar-refractivity contribution in [2.75, 3.05) is 4.90 Å². The summed E-state index contributed by atoms with van der Waals surface area (Å²) in [4.78, 5) is 2.63. The molecule has 40 heavy (non-hydrogen) atoms.